The molecule has 6 nitrogen and oxygen atoms in total. The van der Waals surface area contributed by atoms with Crippen molar-refractivity contribution in [2.45, 2.75) is 19.3 Å². The largest absolute Gasteiger partial charge is 0.393 e. The van der Waals surface area contributed by atoms with E-state index in [2.05, 4.69) is 25.5 Å². The summed E-state index contributed by atoms with van der Waals surface area (Å²) in [5.41, 5.74) is 7.39. The van der Waals surface area contributed by atoms with Gasteiger partial charge in [-0.25, -0.2) is 9.97 Å². The van der Waals surface area contributed by atoms with Crippen LogP contribution in [0.4, 0.5) is 23.0 Å². The first-order chi connectivity index (χ1) is 12.1. The van der Waals surface area contributed by atoms with Crippen LogP contribution in [0, 0.1) is 0 Å². The van der Waals surface area contributed by atoms with Crippen LogP contribution in [0.2, 0.25) is 10.0 Å². The lowest BCUT2D eigenvalue weighted by Crippen LogP contribution is -2.33. The molecule has 0 bridgehead atoms. The van der Waals surface area contributed by atoms with Gasteiger partial charge in [-0.15, -0.1) is 0 Å². The molecule has 2 heterocycles. The number of piperidine rings is 1. The fourth-order valence-corrected chi connectivity index (χ4v) is 3.44. The lowest BCUT2D eigenvalue weighted by molar-refractivity contribution is 0.237. The molecule has 0 atom stereocenters. The highest BCUT2D eigenvalue weighted by Crippen LogP contribution is 2.29. The summed E-state index contributed by atoms with van der Waals surface area (Å²) in [6.07, 6.45) is 5.39. The Hall–Kier alpha value is -1.76. The molecule has 134 valence electrons. The molecule has 2 aromatic rings. The smallest absolute Gasteiger partial charge is 0.159 e. The molecule has 1 aromatic carbocycles. The van der Waals surface area contributed by atoms with Crippen LogP contribution in [-0.4, -0.2) is 41.0 Å². The molecule has 0 spiro atoms. The minimum Gasteiger partial charge on any atom is -0.393 e. The van der Waals surface area contributed by atoms with Gasteiger partial charge in [0.15, 0.2) is 11.6 Å². The number of nitrogens with zero attached hydrogens (tertiary/aromatic N) is 3. The first kappa shape index (κ1) is 18.0. The predicted octanol–water partition coefficient (Wildman–Crippen LogP) is 4.01. The van der Waals surface area contributed by atoms with Crippen molar-refractivity contribution < 1.29 is 0 Å². The fraction of sp³-hybridized carbons (Fsp3) is 0.412. The summed E-state index contributed by atoms with van der Waals surface area (Å²) in [4.78, 5) is 10.9. The van der Waals surface area contributed by atoms with Gasteiger partial charge < -0.3 is 21.3 Å². The van der Waals surface area contributed by atoms with Gasteiger partial charge in [0, 0.05) is 28.8 Å². The SMILES string of the molecule is Nc1c(NCCN2CCCCC2)ncnc1Nc1cc(Cl)cc(Cl)c1. The van der Waals surface area contributed by atoms with Crippen molar-refractivity contribution in [2.75, 3.05) is 42.5 Å². The van der Waals surface area contributed by atoms with Crippen LogP contribution in [0.1, 0.15) is 19.3 Å². The number of hydrogen-bond acceptors (Lipinski definition) is 6. The molecule has 3 rings (SSSR count). The van der Waals surface area contributed by atoms with E-state index in [4.69, 9.17) is 28.9 Å². The number of nitrogens with one attached hydrogen (secondary N) is 2. The number of aromatic nitrogens is 2. The maximum Gasteiger partial charge on any atom is 0.159 e. The maximum absolute atomic E-state index is 6.20. The summed E-state index contributed by atoms with van der Waals surface area (Å²) in [6.45, 7) is 4.12. The lowest BCUT2D eigenvalue weighted by atomic mass is 10.1. The van der Waals surface area contributed by atoms with E-state index < -0.39 is 0 Å². The summed E-state index contributed by atoms with van der Waals surface area (Å²) < 4.78 is 0. The third-order valence-corrected chi connectivity index (χ3v) is 4.61. The average Bonchev–Trinajstić information content (AvgIpc) is 2.58. The zero-order chi connectivity index (χ0) is 17.6. The van der Waals surface area contributed by atoms with Gasteiger partial charge in [-0.05, 0) is 44.1 Å². The number of rotatable bonds is 6. The van der Waals surface area contributed by atoms with E-state index in [0.29, 0.717) is 27.4 Å². The van der Waals surface area contributed by atoms with E-state index >= 15 is 0 Å². The second-order valence-corrected chi connectivity index (χ2v) is 6.97. The molecular formula is C17H22Cl2N6. The minimum atomic E-state index is 0.470. The quantitative estimate of drug-likeness (QED) is 0.702. The highest BCUT2D eigenvalue weighted by molar-refractivity contribution is 6.35. The van der Waals surface area contributed by atoms with Crippen LogP contribution < -0.4 is 16.4 Å². The molecule has 25 heavy (non-hydrogen) atoms. The monoisotopic (exact) mass is 380 g/mol. The third-order valence-electron chi connectivity index (χ3n) is 4.18. The Bertz CT molecular complexity index is 698. The standard InChI is InChI=1S/C17H22Cl2N6/c18-12-8-13(19)10-14(9-12)24-17-15(20)16(22-11-23-17)21-4-7-25-5-2-1-3-6-25/h8-11H,1-7,20H2,(H2,21,22,23,24). The van der Waals surface area contributed by atoms with Crippen LogP contribution >= 0.6 is 23.2 Å². The van der Waals surface area contributed by atoms with E-state index in [1.165, 1.54) is 38.7 Å². The Morgan fingerprint density at radius 2 is 1.68 bits per heavy atom. The first-order valence-electron chi connectivity index (χ1n) is 8.41. The van der Waals surface area contributed by atoms with Crippen molar-refractivity contribution in [1.29, 1.82) is 0 Å². The van der Waals surface area contributed by atoms with Crippen LogP contribution in [0.15, 0.2) is 24.5 Å². The highest BCUT2D eigenvalue weighted by Gasteiger charge is 2.11. The van der Waals surface area contributed by atoms with Gasteiger partial charge in [0.05, 0.1) is 0 Å². The van der Waals surface area contributed by atoms with E-state index in [1.54, 1.807) is 18.2 Å². The Morgan fingerprint density at radius 1 is 1.00 bits per heavy atom. The van der Waals surface area contributed by atoms with Crippen molar-refractivity contribution in [1.82, 2.24) is 14.9 Å². The minimum absolute atomic E-state index is 0.470. The molecule has 4 N–H and O–H groups in total. The average molecular weight is 381 g/mol. The molecule has 0 unspecified atom stereocenters. The van der Waals surface area contributed by atoms with Gasteiger partial charge in [-0.2, -0.15) is 0 Å². The summed E-state index contributed by atoms with van der Waals surface area (Å²) >= 11 is 12.0. The van der Waals surface area contributed by atoms with Crippen LogP contribution in [0.25, 0.3) is 0 Å². The van der Waals surface area contributed by atoms with Crippen LogP contribution in [0.3, 0.4) is 0 Å². The second kappa shape index (κ2) is 8.56. The lowest BCUT2D eigenvalue weighted by Gasteiger charge is -2.26. The van der Waals surface area contributed by atoms with Crippen molar-refractivity contribution >= 4 is 46.2 Å². The Morgan fingerprint density at radius 3 is 2.40 bits per heavy atom. The van der Waals surface area contributed by atoms with E-state index in [1.807, 2.05) is 0 Å². The molecule has 1 saturated heterocycles. The van der Waals surface area contributed by atoms with Gasteiger partial charge in [0.25, 0.3) is 0 Å². The number of anilines is 4. The molecule has 1 aliphatic rings. The maximum atomic E-state index is 6.20. The molecule has 8 heteroatoms. The Balaban J connectivity index is 1.63. The second-order valence-electron chi connectivity index (χ2n) is 6.10. The van der Waals surface area contributed by atoms with E-state index in [-0.39, 0.29) is 0 Å². The van der Waals surface area contributed by atoms with Crippen molar-refractivity contribution in [3.63, 3.8) is 0 Å². The topological polar surface area (TPSA) is 79.1 Å². The van der Waals surface area contributed by atoms with E-state index in [0.717, 1.165) is 18.8 Å². The molecule has 0 radical (unpaired) electrons. The molecule has 0 saturated carbocycles. The Labute approximate surface area is 157 Å². The predicted molar refractivity (Wildman–Crippen MR) is 105 cm³/mol. The zero-order valence-corrected chi connectivity index (χ0v) is 15.4. The summed E-state index contributed by atoms with van der Waals surface area (Å²) in [5, 5.41) is 7.53. The Kier molecular flexibility index (Phi) is 6.18. The summed E-state index contributed by atoms with van der Waals surface area (Å²) in [7, 11) is 0. The number of halogens is 2. The van der Waals surface area contributed by atoms with Gasteiger partial charge in [0.2, 0.25) is 0 Å². The van der Waals surface area contributed by atoms with Crippen molar-refractivity contribution in [2.24, 2.45) is 0 Å². The third kappa shape index (κ3) is 5.11. The molecule has 0 amide bonds. The van der Waals surface area contributed by atoms with Gasteiger partial charge in [-0.3, -0.25) is 0 Å². The molecule has 0 aliphatic carbocycles. The number of likely N-dealkylation sites (tertiary alicyclic amines) is 1. The first-order valence-corrected chi connectivity index (χ1v) is 9.17. The fourth-order valence-electron chi connectivity index (χ4n) is 2.91. The number of hydrogen-bond donors (Lipinski definition) is 3. The van der Waals surface area contributed by atoms with E-state index in [9.17, 15) is 0 Å². The molecule has 1 aliphatic heterocycles. The number of nitrogens with two attached hydrogens (primary N) is 1. The molecule has 1 aromatic heterocycles. The number of nitrogen functional groups attached to an aromatic ring is 1. The normalized spacial score (nSPS) is 15.1. The number of benzene rings is 1. The summed E-state index contributed by atoms with van der Waals surface area (Å²) in [5.74, 6) is 1.15. The molecule has 1 fully saturated rings. The van der Waals surface area contributed by atoms with Crippen LogP contribution in [0.5, 0.6) is 0 Å². The van der Waals surface area contributed by atoms with Crippen molar-refractivity contribution in [3.8, 4) is 0 Å². The van der Waals surface area contributed by atoms with Crippen LogP contribution in [-0.2, 0) is 0 Å². The van der Waals surface area contributed by atoms with Crippen molar-refractivity contribution in [3.05, 3.63) is 34.6 Å². The van der Waals surface area contributed by atoms with Gasteiger partial charge in [0.1, 0.15) is 12.0 Å². The molecular weight excluding hydrogens is 359 g/mol. The zero-order valence-electron chi connectivity index (χ0n) is 13.9. The van der Waals surface area contributed by atoms with Gasteiger partial charge >= 0.3 is 0 Å². The summed E-state index contributed by atoms with van der Waals surface area (Å²) in [6, 6.07) is 5.20. The van der Waals surface area contributed by atoms with Gasteiger partial charge in [-0.1, -0.05) is 29.6 Å². The highest BCUT2D eigenvalue weighted by atomic mass is 35.5.